The molecule has 0 radical (unpaired) electrons. The van der Waals surface area contributed by atoms with Gasteiger partial charge in [0, 0.05) is 27.2 Å². The molecule has 0 atom stereocenters. The van der Waals surface area contributed by atoms with Gasteiger partial charge >= 0.3 is 0 Å². The normalized spacial score (nSPS) is 15.0. The van der Waals surface area contributed by atoms with Gasteiger partial charge in [-0.3, -0.25) is 4.99 Å². The Kier molecular flexibility index (Phi) is 6.49. The lowest BCUT2D eigenvalue weighted by molar-refractivity contribution is 0.592. The second-order valence-electron chi connectivity index (χ2n) is 10.4. The zero-order valence-corrected chi connectivity index (χ0v) is 23.8. The molecule has 0 N–H and O–H groups in total. The smallest absolute Gasteiger partial charge is 0.171 e. The number of fused-ring (bicyclic) bond motifs is 4. The largest absolute Gasteiger partial charge is 0.318 e. The molecule has 200 valence electrons. The third-order valence-corrected chi connectivity index (χ3v) is 11.1. The zero-order chi connectivity index (χ0) is 27.8. The van der Waals surface area contributed by atoms with Gasteiger partial charge < -0.3 is 9.13 Å². The summed E-state index contributed by atoms with van der Waals surface area (Å²) in [7, 11) is -3.01. The standard InChI is InChI=1S/C36H30N3OP/c1-2-28-25-39-35-16-10-9-15-34(35)38-36(39)32-23-19-27(20-24-33(32)37-28)26-17-21-31(22-18-26)41(40,29-11-5-3-6-12-29)30-13-7-4-8-14-30/h3-22,24H,2,23,25H2,1H3. The monoisotopic (exact) mass is 551 g/mol. The molecule has 4 nitrogen and oxygen atoms in total. The molecule has 5 heteroatoms. The fraction of sp³-hybridized carbons (Fsp3) is 0.111. The third-order valence-electron chi connectivity index (χ3n) is 8.01. The maximum absolute atomic E-state index is 14.8. The van der Waals surface area contributed by atoms with Crippen molar-refractivity contribution in [2.45, 2.75) is 26.3 Å². The number of hydrogen-bond donors (Lipinski definition) is 0. The number of rotatable bonds is 5. The SMILES string of the molecule is CCC1=NC2=C(CC=C(c3ccc(P(=O)(c4ccccc4)c4ccccc4)cc3)C=C2)c2nc3ccccc3n2C1. The van der Waals surface area contributed by atoms with Crippen molar-refractivity contribution < 1.29 is 4.57 Å². The van der Waals surface area contributed by atoms with Crippen molar-refractivity contribution >= 4 is 50.9 Å². The van der Waals surface area contributed by atoms with Gasteiger partial charge in [0.25, 0.3) is 0 Å². The Bertz CT molecular complexity index is 1880. The third kappa shape index (κ3) is 4.45. The van der Waals surface area contributed by atoms with Crippen molar-refractivity contribution in [3.63, 3.8) is 0 Å². The van der Waals surface area contributed by atoms with Crippen LogP contribution in [0.25, 0.3) is 22.2 Å². The molecule has 2 aliphatic rings. The van der Waals surface area contributed by atoms with Crippen LogP contribution in [-0.2, 0) is 11.1 Å². The van der Waals surface area contributed by atoms with Gasteiger partial charge in [-0.25, -0.2) is 4.98 Å². The minimum atomic E-state index is -3.01. The minimum Gasteiger partial charge on any atom is -0.318 e. The summed E-state index contributed by atoms with van der Waals surface area (Å²) in [6.07, 6.45) is 8.17. The fourth-order valence-electron chi connectivity index (χ4n) is 5.81. The van der Waals surface area contributed by atoms with E-state index in [0.29, 0.717) is 0 Å². The van der Waals surface area contributed by atoms with E-state index in [1.54, 1.807) is 0 Å². The number of allylic oxidation sites excluding steroid dienone is 5. The summed E-state index contributed by atoms with van der Waals surface area (Å²) in [6.45, 7) is 2.92. The molecule has 41 heavy (non-hydrogen) atoms. The van der Waals surface area contributed by atoms with Crippen LogP contribution in [0, 0.1) is 0 Å². The van der Waals surface area contributed by atoms with Crippen LogP contribution >= 0.6 is 7.14 Å². The Morgan fingerprint density at radius 2 is 1.39 bits per heavy atom. The quantitative estimate of drug-likeness (QED) is 0.215. The van der Waals surface area contributed by atoms with E-state index in [0.717, 1.165) is 80.3 Å². The van der Waals surface area contributed by atoms with Gasteiger partial charge in [0.15, 0.2) is 7.14 Å². The molecule has 1 aliphatic carbocycles. The van der Waals surface area contributed by atoms with Gasteiger partial charge in [-0.15, -0.1) is 0 Å². The second-order valence-corrected chi connectivity index (χ2v) is 13.2. The van der Waals surface area contributed by atoms with Crippen LogP contribution in [0.1, 0.15) is 31.2 Å². The topological polar surface area (TPSA) is 47.2 Å². The van der Waals surface area contributed by atoms with Gasteiger partial charge in [-0.2, -0.15) is 0 Å². The number of nitrogens with zero attached hydrogens (tertiary/aromatic N) is 3. The van der Waals surface area contributed by atoms with E-state index in [2.05, 4.69) is 60.1 Å². The Hall–Kier alpha value is -4.53. The second kappa shape index (κ2) is 10.5. The lowest BCUT2D eigenvalue weighted by Gasteiger charge is -2.20. The average Bonchev–Trinajstić information content (AvgIpc) is 3.16. The molecule has 0 saturated heterocycles. The van der Waals surface area contributed by atoms with Gasteiger partial charge in [0.2, 0.25) is 0 Å². The molecule has 5 aromatic rings. The predicted octanol–water partition coefficient (Wildman–Crippen LogP) is 7.29. The summed E-state index contributed by atoms with van der Waals surface area (Å²) < 4.78 is 17.1. The highest BCUT2D eigenvalue weighted by Crippen LogP contribution is 2.42. The summed E-state index contributed by atoms with van der Waals surface area (Å²) in [5.74, 6) is 0.998. The van der Waals surface area contributed by atoms with Crippen molar-refractivity contribution in [1.82, 2.24) is 9.55 Å². The summed E-state index contributed by atoms with van der Waals surface area (Å²) in [4.78, 5) is 10.1. The van der Waals surface area contributed by atoms with E-state index in [1.807, 2.05) is 78.9 Å². The molecule has 0 spiro atoms. The lowest BCUT2D eigenvalue weighted by atomic mass is 10.0. The summed E-state index contributed by atoms with van der Waals surface area (Å²) in [5, 5.41) is 2.51. The molecule has 0 fully saturated rings. The van der Waals surface area contributed by atoms with Gasteiger partial charge in [-0.1, -0.05) is 116 Å². The van der Waals surface area contributed by atoms with Crippen molar-refractivity contribution in [3.8, 4) is 0 Å². The first-order valence-electron chi connectivity index (χ1n) is 14.1. The van der Waals surface area contributed by atoms with Crippen LogP contribution < -0.4 is 15.9 Å². The van der Waals surface area contributed by atoms with E-state index in [4.69, 9.17) is 9.98 Å². The maximum atomic E-state index is 14.8. The van der Waals surface area contributed by atoms with Crippen molar-refractivity contribution in [2.75, 3.05) is 0 Å². The molecule has 0 amide bonds. The zero-order valence-electron chi connectivity index (χ0n) is 22.9. The number of aliphatic imine (C=N–C) groups is 1. The van der Waals surface area contributed by atoms with Crippen LogP contribution in [0.5, 0.6) is 0 Å². The fourth-order valence-corrected chi connectivity index (χ4v) is 8.46. The van der Waals surface area contributed by atoms with E-state index in [-0.39, 0.29) is 0 Å². The Balaban J connectivity index is 1.26. The number of para-hydroxylation sites is 2. The van der Waals surface area contributed by atoms with E-state index < -0.39 is 7.14 Å². The van der Waals surface area contributed by atoms with Gasteiger partial charge in [0.05, 0.1) is 23.3 Å². The number of aromatic nitrogens is 2. The van der Waals surface area contributed by atoms with Gasteiger partial charge in [-0.05, 0) is 42.2 Å². The molecule has 0 bridgehead atoms. The van der Waals surface area contributed by atoms with Crippen LogP contribution in [0.4, 0.5) is 0 Å². The summed E-state index contributed by atoms with van der Waals surface area (Å²) >= 11 is 0. The molecule has 0 saturated carbocycles. The Labute approximate surface area is 240 Å². The Morgan fingerprint density at radius 3 is 2.07 bits per heavy atom. The molecule has 0 unspecified atom stereocenters. The van der Waals surface area contributed by atoms with E-state index in [1.165, 1.54) is 0 Å². The van der Waals surface area contributed by atoms with Crippen molar-refractivity contribution in [3.05, 3.63) is 145 Å². The van der Waals surface area contributed by atoms with E-state index >= 15 is 0 Å². The molecule has 2 heterocycles. The van der Waals surface area contributed by atoms with Crippen LogP contribution in [-0.4, -0.2) is 15.3 Å². The first-order chi connectivity index (χ1) is 20.1. The predicted molar refractivity (Wildman–Crippen MR) is 172 cm³/mol. The number of benzene rings is 4. The first-order valence-corrected chi connectivity index (χ1v) is 15.8. The molecule has 1 aliphatic heterocycles. The first kappa shape index (κ1) is 25.4. The average molecular weight is 552 g/mol. The molecule has 7 rings (SSSR count). The van der Waals surface area contributed by atoms with Crippen molar-refractivity contribution in [1.29, 1.82) is 0 Å². The van der Waals surface area contributed by atoms with E-state index in [9.17, 15) is 4.57 Å². The number of imidazole rings is 1. The summed E-state index contributed by atoms with van der Waals surface area (Å²) in [5.41, 5.74) is 7.64. The van der Waals surface area contributed by atoms with Crippen LogP contribution in [0.2, 0.25) is 0 Å². The molecular formula is C36H30N3OP. The minimum absolute atomic E-state index is 0.732. The Morgan fingerprint density at radius 1 is 0.756 bits per heavy atom. The summed E-state index contributed by atoms with van der Waals surface area (Å²) in [6, 6.07) is 36.2. The van der Waals surface area contributed by atoms with Crippen molar-refractivity contribution in [2.24, 2.45) is 4.99 Å². The molecule has 4 aromatic carbocycles. The lowest BCUT2D eigenvalue weighted by Crippen LogP contribution is -2.24. The van der Waals surface area contributed by atoms with Crippen LogP contribution in [0.15, 0.2) is 138 Å². The van der Waals surface area contributed by atoms with Crippen LogP contribution in [0.3, 0.4) is 0 Å². The van der Waals surface area contributed by atoms with Gasteiger partial charge in [0.1, 0.15) is 5.82 Å². The maximum Gasteiger partial charge on any atom is 0.171 e. The molecular weight excluding hydrogens is 521 g/mol. The highest BCUT2D eigenvalue weighted by molar-refractivity contribution is 7.85. The number of hydrogen-bond acceptors (Lipinski definition) is 3. The highest BCUT2D eigenvalue weighted by Gasteiger charge is 2.29. The highest BCUT2D eigenvalue weighted by atomic mass is 31.2. The molecule has 1 aromatic heterocycles.